The van der Waals surface area contributed by atoms with Crippen LogP contribution in [0, 0.1) is 17.3 Å². The molecule has 0 radical (unpaired) electrons. The van der Waals surface area contributed by atoms with Crippen LogP contribution in [0.3, 0.4) is 0 Å². The zero-order valence-electron chi connectivity index (χ0n) is 22.2. The van der Waals surface area contributed by atoms with Gasteiger partial charge in [-0.1, -0.05) is 36.4 Å². The van der Waals surface area contributed by atoms with E-state index in [0.29, 0.717) is 34.4 Å². The third-order valence-corrected chi connectivity index (χ3v) is 7.02. The SMILES string of the molecule is CCN1C(=O)[C@@H](NC(=O)c2cccc(C(F)(F)F)c2)[C@@H](c2ccc(F)cc2)c2c(CNC#N)nn(-c3ccccc3)c21. The average Bonchev–Trinajstić information content (AvgIpc) is 3.36. The van der Waals surface area contributed by atoms with Crippen LogP contribution in [0.1, 0.15) is 45.6 Å². The van der Waals surface area contributed by atoms with Crippen LogP contribution in [-0.2, 0) is 17.5 Å². The van der Waals surface area contributed by atoms with Crippen LogP contribution in [0.15, 0.2) is 78.9 Å². The van der Waals surface area contributed by atoms with E-state index in [9.17, 15) is 32.4 Å². The number of carbonyl (C=O) groups excluding carboxylic acids is 2. The molecule has 1 aliphatic heterocycles. The zero-order valence-corrected chi connectivity index (χ0v) is 22.2. The number of anilines is 1. The summed E-state index contributed by atoms with van der Waals surface area (Å²) < 4.78 is 55.6. The Bertz CT molecular complexity index is 1660. The van der Waals surface area contributed by atoms with Gasteiger partial charge in [-0.2, -0.15) is 23.5 Å². The van der Waals surface area contributed by atoms with E-state index in [0.717, 1.165) is 12.1 Å². The highest BCUT2D eigenvalue weighted by atomic mass is 19.4. The number of hydrogen-bond donors (Lipinski definition) is 2. The van der Waals surface area contributed by atoms with Gasteiger partial charge in [0.15, 0.2) is 6.19 Å². The first-order valence-electron chi connectivity index (χ1n) is 13.0. The topological polar surface area (TPSA) is 103 Å². The van der Waals surface area contributed by atoms with Crippen LogP contribution in [0.2, 0.25) is 0 Å². The summed E-state index contributed by atoms with van der Waals surface area (Å²) in [5.41, 5.74) is 0.704. The second-order valence-corrected chi connectivity index (χ2v) is 9.54. The largest absolute Gasteiger partial charge is 0.416 e. The minimum Gasteiger partial charge on any atom is -0.339 e. The number of carbonyl (C=O) groups is 2. The van der Waals surface area contributed by atoms with Gasteiger partial charge in [-0.15, -0.1) is 0 Å². The van der Waals surface area contributed by atoms with E-state index in [-0.39, 0.29) is 18.7 Å². The molecule has 4 aromatic rings. The van der Waals surface area contributed by atoms with E-state index < -0.39 is 41.3 Å². The Hall–Kier alpha value is -5.18. The van der Waals surface area contributed by atoms with Crippen molar-refractivity contribution in [2.75, 3.05) is 11.4 Å². The summed E-state index contributed by atoms with van der Waals surface area (Å²) in [6.45, 7) is 1.89. The minimum atomic E-state index is -4.67. The summed E-state index contributed by atoms with van der Waals surface area (Å²) in [6, 6.07) is 17.0. The molecule has 0 aliphatic carbocycles. The van der Waals surface area contributed by atoms with Crippen molar-refractivity contribution < 1.29 is 27.2 Å². The first kappa shape index (κ1) is 28.4. The number of aromatic nitrogens is 2. The van der Waals surface area contributed by atoms with Crippen molar-refractivity contribution in [3.63, 3.8) is 0 Å². The highest BCUT2D eigenvalue weighted by Gasteiger charge is 2.46. The highest BCUT2D eigenvalue weighted by Crippen LogP contribution is 2.43. The first-order chi connectivity index (χ1) is 20.1. The third-order valence-electron chi connectivity index (χ3n) is 7.02. The fourth-order valence-corrected chi connectivity index (χ4v) is 5.17. The number of nitriles is 1. The summed E-state index contributed by atoms with van der Waals surface area (Å²) >= 11 is 0. The lowest BCUT2D eigenvalue weighted by Gasteiger charge is -2.38. The van der Waals surface area contributed by atoms with Crippen molar-refractivity contribution in [3.05, 3.63) is 113 Å². The second-order valence-electron chi connectivity index (χ2n) is 9.54. The molecule has 0 saturated carbocycles. The van der Waals surface area contributed by atoms with Gasteiger partial charge in [0, 0.05) is 23.6 Å². The van der Waals surface area contributed by atoms with Gasteiger partial charge in [0.1, 0.15) is 17.7 Å². The lowest BCUT2D eigenvalue weighted by Crippen LogP contribution is -2.55. The third kappa shape index (κ3) is 5.28. The van der Waals surface area contributed by atoms with Gasteiger partial charge in [0.25, 0.3) is 11.8 Å². The predicted octanol–water partition coefficient (Wildman–Crippen LogP) is 4.90. The first-order valence-corrected chi connectivity index (χ1v) is 13.0. The van der Waals surface area contributed by atoms with E-state index in [1.54, 1.807) is 35.9 Å². The lowest BCUT2D eigenvalue weighted by atomic mass is 9.80. The molecule has 0 unspecified atom stereocenters. The van der Waals surface area contributed by atoms with Crippen LogP contribution in [0.25, 0.3) is 5.69 Å². The fraction of sp³-hybridized carbons (Fsp3) is 0.200. The maximum absolute atomic E-state index is 14.1. The van der Waals surface area contributed by atoms with Gasteiger partial charge in [0.05, 0.1) is 23.5 Å². The molecule has 1 aliphatic rings. The van der Waals surface area contributed by atoms with Crippen molar-refractivity contribution in [2.24, 2.45) is 0 Å². The Morgan fingerprint density at radius 2 is 1.76 bits per heavy atom. The normalized spacial score (nSPS) is 16.5. The number of hydrogen-bond acceptors (Lipinski definition) is 5. The van der Waals surface area contributed by atoms with Gasteiger partial charge >= 0.3 is 6.18 Å². The molecule has 2 amide bonds. The number of nitrogens with one attached hydrogen (secondary N) is 2. The average molecular weight is 577 g/mol. The van der Waals surface area contributed by atoms with E-state index in [4.69, 9.17) is 5.10 Å². The minimum absolute atomic E-state index is 0.0175. The van der Waals surface area contributed by atoms with Crippen LogP contribution in [0.5, 0.6) is 0 Å². The molecular formula is C30H24F4N6O2. The molecular weight excluding hydrogens is 552 g/mol. The Morgan fingerprint density at radius 3 is 2.40 bits per heavy atom. The number of nitrogens with zero attached hydrogens (tertiary/aromatic N) is 4. The molecule has 2 atom stereocenters. The van der Waals surface area contributed by atoms with E-state index in [1.165, 1.54) is 35.2 Å². The predicted molar refractivity (Wildman–Crippen MR) is 145 cm³/mol. The summed E-state index contributed by atoms with van der Waals surface area (Å²) in [5.74, 6) is -2.46. The maximum Gasteiger partial charge on any atom is 0.416 e. The molecule has 0 fully saturated rings. The molecule has 2 heterocycles. The number of rotatable bonds is 7. The Balaban J connectivity index is 1.69. The van der Waals surface area contributed by atoms with Gasteiger partial charge < -0.3 is 10.6 Å². The summed E-state index contributed by atoms with van der Waals surface area (Å²) in [5, 5.41) is 19.2. The van der Waals surface area contributed by atoms with Crippen LogP contribution in [0.4, 0.5) is 23.4 Å². The number of amides is 2. The smallest absolute Gasteiger partial charge is 0.339 e. The number of para-hydroxylation sites is 1. The standard InChI is InChI=1S/C30H24F4N6O2/c1-2-39-28-25(23(16-36-17-35)38-40(28)22-9-4-3-5-10-22)24(18-11-13-21(31)14-12-18)26(29(39)42)37-27(41)19-7-6-8-20(15-19)30(32,33)34/h3-15,24,26,36H,2,16H2,1H3,(H,37,41)/t24-,26-/m0/s1. The van der Waals surface area contributed by atoms with Crippen molar-refractivity contribution in [1.82, 2.24) is 20.4 Å². The summed E-state index contributed by atoms with van der Waals surface area (Å²) in [6.07, 6.45) is -2.81. The quantitative estimate of drug-likeness (QED) is 0.185. The number of alkyl halides is 3. The monoisotopic (exact) mass is 576 g/mol. The lowest BCUT2D eigenvalue weighted by molar-refractivity contribution is -0.137. The van der Waals surface area contributed by atoms with Gasteiger partial charge in [0.2, 0.25) is 0 Å². The molecule has 3 aromatic carbocycles. The molecule has 214 valence electrons. The van der Waals surface area contributed by atoms with Crippen LogP contribution < -0.4 is 15.5 Å². The van der Waals surface area contributed by atoms with Crippen LogP contribution in [-0.4, -0.2) is 34.2 Å². The van der Waals surface area contributed by atoms with Gasteiger partial charge in [-0.05, 0) is 55.0 Å². The van der Waals surface area contributed by atoms with Crippen molar-refractivity contribution >= 4 is 17.6 Å². The second kappa shape index (κ2) is 11.4. The van der Waals surface area contributed by atoms with E-state index in [1.807, 2.05) is 12.3 Å². The van der Waals surface area contributed by atoms with Gasteiger partial charge in [-0.25, -0.2) is 9.07 Å². The highest BCUT2D eigenvalue weighted by molar-refractivity contribution is 6.05. The van der Waals surface area contributed by atoms with Crippen molar-refractivity contribution in [3.8, 4) is 11.9 Å². The molecule has 5 rings (SSSR count). The van der Waals surface area contributed by atoms with Gasteiger partial charge in [-0.3, -0.25) is 14.5 Å². The summed E-state index contributed by atoms with van der Waals surface area (Å²) in [7, 11) is 0. The number of likely N-dealkylation sites (N-methyl/N-ethyl adjacent to an activating group) is 1. The number of benzene rings is 3. The van der Waals surface area contributed by atoms with E-state index in [2.05, 4.69) is 10.6 Å². The molecule has 8 nitrogen and oxygen atoms in total. The van der Waals surface area contributed by atoms with Crippen LogP contribution >= 0.6 is 0 Å². The maximum atomic E-state index is 14.1. The zero-order chi connectivity index (χ0) is 30.0. The Kier molecular flexibility index (Phi) is 7.67. The molecule has 0 saturated heterocycles. The molecule has 42 heavy (non-hydrogen) atoms. The van der Waals surface area contributed by atoms with Crippen molar-refractivity contribution in [1.29, 1.82) is 5.26 Å². The number of fused-ring (bicyclic) bond motifs is 1. The molecule has 0 spiro atoms. The molecule has 0 bridgehead atoms. The van der Waals surface area contributed by atoms with Crippen molar-refractivity contribution in [2.45, 2.75) is 31.6 Å². The molecule has 2 N–H and O–H groups in total. The Morgan fingerprint density at radius 1 is 1.05 bits per heavy atom. The summed E-state index contributed by atoms with van der Waals surface area (Å²) in [4.78, 5) is 28.9. The molecule has 1 aromatic heterocycles. The molecule has 12 heteroatoms. The van der Waals surface area contributed by atoms with E-state index >= 15 is 0 Å². The Labute approximate surface area is 238 Å². The number of halogens is 4. The fourth-order valence-electron chi connectivity index (χ4n) is 5.17.